The highest BCUT2D eigenvalue weighted by molar-refractivity contribution is 6.30. The number of hydrogen-bond acceptors (Lipinski definition) is 4. The molecule has 1 aliphatic heterocycles. The minimum absolute atomic E-state index is 0.0683. The average Bonchev–Trinajstić information content (AvgIpc) is 2.92. The zero-order chi connectivity index (χ0) is 16.0. The third-order valence-electron chi connectivity index (χ3n) is 3.54. The number of carbonyl (C=O) groups excluding carboxylic acids is 2. The van der Waals surface area contributed by atoms with Crippen LogP contribution in [0, 0.1) is 0 Å². The maximum Gasteiger partial charge on any atom is 0.220 e. The van der Waals surface area contributed by atoms with Crippen LogP contribution in [0.25, 0.3) is 0 Å². The van der Waals surface area contributed by atoms with Gasteiger partial charge in [-0.05, 0) is 31.2 Å². The molecule has 1 aromatic carbocycles. The molecule has 0 aliphatic carbocycles. The summed E-state index contributed by atoms with van der Waals surface area (Å²) in [6, 6.07) is 6.66. The lowest BCUT2D eigenvalue weighted by Crippen LogP contribution is -2.33. The highest BCUT2D eigenvalue weighted by Gasteiger charge is 2.30. The van der Waals surface area contributed by atoms with Gasteiger partial charge in [-0.25, -0.2) is 0 Å². The molecule has 0 atom stereocenters. The Labute approximate surface area is 134 Å². The maximum absolute atomic E-state index is 11.9. The van der Waals surface area contributed by atoms with Gasteiger partial charge in [-0.2, -0.15) is 0 Å². The minimum atomic E-state index is -0.605. The van der Waals surface area contributed by atoms with Crippen LogP contribution in [0.1, 0.15) is 36.5 Å². The summed E-state index contributed by atoms with van der Waals surface area (Å²) in [4.78, 5) is 23.7. The van der Waals surface area contributed by atoms with E-state index in [2.05, 4.69) is 5.32 Å². The van der Waals surface area contributed by atoms with E-state index in [-0.39, 0.29) is 24.5 Å². The van der Waals surface area contributed by atoms with Gasteiger partial charge < -0.3 is 14.8 Å². The quantitative estimate of drug-likeness (QED) is 0.783. The second kappa shape index (κ2) is 7.72. The standard InChI is InChI=1S/C16H20ClNO4/c1-16(21-10-11-22-16)8-9-18-15(20)7-6-14(19)12-2-4-13(17)5-3-12/h2-5H,6-11H2,1H3,(H,18,20). The van der Waals surface area contributed by atoms with E-state index in [1.165, 1.54) is 0 Å². The van der Waals surface area contributed by atoms with Crippen LogP contribution < -0.4 is 5.32 Å². The van der Waals surface area contributed by atoms with Crippen molar-refractivity contribution in [1.29, 1.82) is 0 Å². The molecule has 22 heavy (non-hydrogen) atoms. The second-order valence-corrected chi connectivity index (χ2v) is 5.80. The third-order valence-corrected chi connectivity index (χ3v) is 3.80. The van der Waals surface area contributed by atoms with E-state index in [9.17, 15) is 9.59 Å². The van der Waals surface area contributed by atoms with Crippen LogP contribution in [-0.4, -0.2) is 37.2 Å². The monoisotopic (exact) mass is 325 g/mol. The molecule has 120 valence electrons. The largest absolute Gasteiger partial charge is 0.356 e. The molecule has 1 N–H and O–H groups in total. The molecule has 1 aromatic rings. The van der Waals surface area contributed by atoms with Gasteiger partial charge in [0.1, 0.15) is 0 Å². The maximum atomic E-state index is 11.9. The molecule has 1 heterocycles. The summed E-state index contributed by atoms with van der Waals surface area (Å²) < 4.78 is 10.9. The van der Waals surface area contributed by atoms with Crippen molar-refractivity contribution in [2.24, 2.45) is 0 Å². The van der Waals surface area contributed by atoms with Gasteiger partial charge in [-0.3, -0.25) is 9.59 Å². The van der Waals surface area contributed by atoms with Gasteiger partial charge in [-0.1, -0.05) is 11.6 Å². The number of hydrogen-bond donors (Lipinski definition) is 1. The number of carbonyl (C=O) groups is 2. The van der Waals surface area contributed by atoms with Crippen molar-refractivity contribution in [3.63, 3.8) is 0 Å². The third kappa shape index (κ3) is 5.09. The summed E-state index contributed by atoms with van der Waals surface area (Å²) in [6.45, 7) is 3.49. The topological polar surface area (TPSA) is 64.6 Å². The Hall–Kier alpha value is -1.43. The Kier molecular flexibility index (Phi) is 5.94. The van der Waals surface area contributed by atoms with Gasteiger partial charge in [0.15, 0.2) is 11.6 Å². The van der Waals surface area contributed by atoms with Gasteiger partial charge >= 0.3 is 0 Å². The van der Waals surface area contributed by atoms with Crippen LogP contribution in [0.3, 0.4) is 0 Å². The Morgan fingerprint density at radius 1 is 1.18 bits per heavy atom. The molecule has 1 saturated heterocycles. The fraction of sp³-hybridized carbons (Fsp3) is 0.500. The van der Waals surface area contributed by atoms with Gasteiger partial charge in [0.25, 0.3) is 0 Å². The van der Waals surface area contributed by atoms with Gasteiger partial charge in [0.05, 0.1) is 13.2 Å². The first-order valence-corrected chi connectivity index (χ1v) is 7.70. The smallest absolute Gasteiger partial charge is 0.220 e. The molecule has 1 aliphatic rings. The van der Waals surface area contributed by atoms with Crippen LogP contribution in [0.15, 0.2) is 24.3 Å². The number of amides is 1. The number of benzene rings is 1. The molecule has 0 unspecified atom stereocenters. The number of ether oxygens (including phenoxy) is 2. The molecule has 0 aromatic heterocycles. The Balaban J connectivity index is 1.67. The van der Waals surface area contributed by atoms with E-state index in [1.807, 2.05) is 6.92 Å². The first kappa shape index (κ1) is 16.9. The van der Waals surface area contributed by atoms with Crippen molar-refractivity contribution in [3.05, 3.63) is 34.9 Å². The van der Waals surface area contributed by atoms with Gasteiger partial charge in [-0.15, -0.1) is 0 Å². The summed E-state index contributed by atoms with van der Waals surface area (Å²) >= 11 is 5.77. The van der Waals surface area contributed by atoms with E-state index < -0.39 is 5.79 Å². The van der Waals surface area contributed by atoms with Crippen LogP contribution in [-0.2, 0) is 14.3 Å². The Morgan fingerprint density at radius 3 is 2.45 bits per heavy atom. The summed E-state index contributed by atoms with van der Waals surface area (Å²) in [5.41, 5.74) is 0.567. The molecule has 1 amide bonds. The van der Waals surface area contributed by atoms with Crippen molar-refractivity contribution in [3.8, 4) is 0 Å². The summed E-state index contributed by atoms with van der Waals surface area (Å²) in [5.74, 6) is -0.822. The fourth-order valence-electron chi connectivity index (χ4n) is 2.23. The molecule has 6 heteroatoms. The molecular weight excluding hydrogens is 306 g/mol. The van der Waals surface area contributed by atoms with Crippen LogP contribution in [0.2, 0.25) is 5.02 Å². The van der Waals surface area contributed by atoms with Crippen molar-refractivity contribution < 1.29 is 19.1 Å². The summed E-state index contributed by atoms with van der Waals surface area (Å²) in [6.07, 6.45) is 0.932. The minimum Gasteiger partial charge on any atom is -0.356 e. The van der Waals surface area contributed by atoms with Crippen LogP contribution in [0.4, 0.5) is 0 Å². The summed E-state index contributed by atoms with van der Waals surface area (Å²) in [7, 11) is 0. The zero-order valence-corrected chi connectivity index (χ0v) is 13.3. The zero-order valence-electron chi connectivity index (χ0n) is 12.6. The van der Waals surface area contributed by atoms with E-state index in [0.29, 0.717) is 36.8 Å². The lowest BCUT2D eigenvalue weighted by atomic mass is 10.1. The summed E-state index contributed by atoms with van der Waals surface area (Å²) in [5, 5.41) is 3.36. The molecule has 5 nitrogen and oxygen atoms in total. The fourth-order valence-corrected chi connectivity index (χ4v) is 2.35. The first-order valence-electron chi connectivity index (χ1n) is 7.32. The lowest BCUT2D eigenvalue weighted by Gasteiger charge is -2.22. The van der Waals surface area contributed by atoms with E-state index in [4.69, 9.17) is 21.1 Å². The van der Waals surface area contributed by atoms with Gasteiger partial charge in [0, 0.05) is 36.4 Å². The molecule has 0 spiro atoms. The van der Waals surface area contributed by atoms with Gasteiger partial charge in [0.2, 0.25) is 5.91 Å². The number of halogens is 1. The molecular formula is C16H20ClNO4. The Morgan fingerprint density at radius 2 is 1.82 bits per heavy atom. The van der Waals surface area contributed by atoms with Crippen LogP contribution >= 0.6 is 11.6 Å². The molecule has 1 fully saturated rings. The van der Waals surface area contributed by atoms with Crippen molar-refractivity contribution in [1.82, 2.24) is 5.32 Å². The molecule has 0 bridgehead atoms. The predicted molar refractivity (Wildman–Crippen MR) is 83.0 cm³/mol. The van der Waals surface area contributed by atoms with Crippen molar-refractivity contribution in [2.45, 2.75) is 32.0 Å². The molecule has 2 rings (SSSR count). The average molecular weight is 326 g/mol. The van der Waals surface area contributed by atoms with Crippen LogP contribution in [0.5, 0.6) is 0 Å². The van der Waals surface area contributed by atoms with E-state index in [0.717, 1.165) is 0 Å². The Bertz CT molecular complexity index is 523. The predicted octanol–water partition coefficient (Wildman–Crippen LogP) is 2.57. The number of ketones is 1. The van der Waals surface area contributed by atoms with E-state index >= 15 is 0 Å². The molecule has 0 saturated carbocycles. The molecule has 0 radical (unpaired) electrons. The first-order chi connectivity index (χ1) is 10.5. The van der Waals surface area contributed by atoms with Crippen molar-refractivity contribution in [2.75, 3.05) is 19.8 Å². The number of nitrogens with one attached hydrogen (secondary N) is 1. The SMILES string of the molecule is CC1(CCNC(=O)CCC(=O)c2ccc(Cl)cc2)OCCO1. The second-order valence-electron chi connectivity index (χ2n) is 5.36. The lowest BCUT2D eigenvalue weighted by molar-refractivity contribution is -0.146. The highest BCUT2D eigenvalue weighted by atomic mass is 35.5. The normalized spacial score (nSPS) is 16.5. The number of rotatable bonds is 7. The highest BCUT2D eigenvalue weighted by Crippen LogP contribution is 2.21. The number of Topliss-reactive ketones (excluding diaryl/α,β-unsaturated/α-hetero) is 1. The van der Waals surface area contributed by atoms with E-state index in [1.54, 1.807) is 24.3 Å². The van der Waals surface area contributed by atoms with Crippen molar-refractivity contribution >= 4 is 23.3 Å².